The molecule has 0 bridgehead atoms. The molecule has 1 atom stereocenters. The minimum atomic E-state index is -0.737. The largest absolute Gasteiger partial charge is 0.497 e. The first kappa shape index (κ1) is 20.0. The highest BCUT2D eigenvalue weighted by Gasteiger charge is 2.08. The second-order valence-electron chi connectivity index (χ2n) is 4.84. The zero-order chi connectivity index (χ0) is 16.7. The van der Waals surface area contributed by atoms with Gasteiger partial charge in [0.25, 0.3) is 0 Å². The predicted molar refractivity (Wildman–Crippen MR) is 106 cm³/mol. The van der Waals surface area contributed by atoms with E-state index in [4.69, 9.17) is 15.2 Å². The van der Waals surface area contributed by atoms with Crippen LogP contribution in [0.4, 0.5) is 5.69 Å². The third-order valence-electron chi connectivity index (χ3n) is 3.30. The van der Waals surface area contributed by atoms with Gasteiger partial charge < -0.3 is 25.6 Å². The minimum Gasteiger partial charge on any atom is -0.497 e. The van der Waals surface area contributed by atoms with Gasteiger partial charge in [0.1, 0.15) is 11.5 Å². The van der Waals surface area contributed by atoms with Crippen LogP contribution in [-0.4, -0.2) is 31.8 Å². The van der Waals surface area contributed by atoms with Gasteiger partial charge in [0.2, 0.25) is 0 Å². The van der Waals surface area contributed by atoms with E-state index in [1.165, 1.54) is 0 Å². The Morgan fingerprint density at radius 1 is 1.12 bits per heavy atom. The molecule has 2 rings (SSSR count). The molecule has 1 unspecified atom stereocenters. The number of guanidine groups is 1. The number of anilines is 1. The number of halogens is 1. The van der Waals surface area contributed by atoms with Crippen LogP contribution < -0.4 is 20.5 Å². The van der Waals surface area contributed by atoms with Crippen molar-refractivity contribution in [2.24, 2.45) is 10.7 Å². The quantitative estimate of drug-likeness (QED) is 0.363. The highest BCUT2D eigenvalue weighted by Crippen LogP contribution is 2.22. The van der Waals surface area contributed by atoms with Crippen molar-refractivity contribution in [3.8, 4) is 11.5 Å². The van der Waals surface area contributed by atoms with Gasteiger partial charge in [0.15, 0.2) is 5.96 Å². The van der Waals surface area contributed by atoms with Gasteiger partial charge in [-0.1, -0.05) is 24.3 Å². The molecule has 2 aromatic carbocycles. The van der Waals surface area contributed by atoms with Crippen molar-refractivity contribution in [2.75, 3.05) is 26.1 Å². The van der Waals surface area contributed by atoms with Crippen LogP contribution in [0.15, 0.2) is 53.5 Å². The Hall–Kier alpha value is -2.00. The van der Waals surface area contributed by atoms with Crippen LogP contribution in [-0.2, 0) is 0 Å². The third kappa shape index (κ3) is 5.57. The summed E-state index contributed by atoms with van der Waals surface area (Å²) >= 11 is 0. The first-order valence-electron chi connectivity index (χ1n) is 7.16. The Labute approximate surface area is 158 Å². The molecule has 0 aromatic heterocycles. The van der Waals surface area contributed by atoms with Crippen LogP contribution in [0.5, 0.6) is 11.5 Å². The lowest BCUT2D eigenvalue weighted by Gasteiger charge is -2.12. The molecule has 0 aliphatic rings. The molecule has 24 heavy (non-hydrogen) atoms. The maximum atomic E-state index is 10.1. The molecule has 0 amide bonds. The number of nitrogens with two attached hydrogens (primary N) is 1. The van der Waals surface area contributed by atoms with Crippen molar-refractivity contribution >= 4 is 35.6 Å². The van der Waals surface area contributed by atoms with Crippen LogP contribution in [0.1, 0.15) is 11.7 Å². The normalized spacial score (nSPS) is 12.0. The lowest BCUT2D eigenvalue weighted by molar-refractivity contribution is 0.187. The van der Waals surface area contributed by atoms with Crippen molar-refractivity contribution in [3.05, 3.63) is 54.1 Å². The average Bonchev–Trinajstić information content (AvgIpc) is 2.60. The van der Waals surface area contributed by atoms with Gasteiger partial charge in [0.05, 0.1) is 32.6 Å². The molecular weight excluding hydrogens is 421 g/mol. The summed E-state index contributed by atoms with van der Waals surface area (Å²) in [5, 5.41) is 13.1. The maximum absolute atomic E-state index is 10.1. The molecule has 0 fully saturated rings. The van der Waals surface area contributed by atoms with E-state index in [1.54, 1.807) is 38.5 Å². The highest BCUT2D eigenvalue weighted by molar-refractivity contribution is 14.0. The summed E-state index contributed by atoms with van der Waals surface area (Å²) in [5.41, 5.74) is 7.32. The van der Waals surface area contributed by atoms with E-state index >= 15 is 0 Å². The van der Waals surface area contributed by atoms with E-state index in [-0.39, 0.29) is 36.5 Å². The summed E-state index contributed by atoms with van der Waals surface area (Å²) in [7, 11) is 3.18. The molecule has 4 N–H and O–H groups in total. The van der Waals surface area contributed by atoms with Crippen molar-refractivity contribution < 1.29 is 14.6 Å². The van der Waals surface area contributed by atoms with Crippen LogP contribution >= 0.6 is 24.0 Å². The Balaban J connectivity index is 0.00000288. The lowest BCUT2D eigenvalue weighted by atomic mass is 10.1. The zero-order valence-electron chi connectivity index (χ0n) is 13.6. The molecule has 0 saturated heterocycles. The van der Waals surface area contributed by atoms with Crippen LogP contribution in [0.2, 0.25) is 0 Å². The molecule has 0 aliphatic heterocycles. The molecule has 7 heteroatoms. The first-order chi connectivity index (χ1) is 11.1. The molecule has 6 nitrogen and oxygen atoms in total. The van der Waals surface area contributed by atoms with E-state index in [1.807, 2.05) is 24.3 Å². The molecule has 0 heterocycles. The van der Waals surface area contributed by atoms with E-state index in [0.717, 1.165) is 17.0 Å². The second kappa shape index (κ2) is 9.99. The van der Waals surface area contributed by atoms with Crippen LogP contribution in [0.25, 0.3) is 0 Å². The number of methoxy groups -OCH3 is 2. The fourth-order valence-electron chi connectivity index (χ4n) is 2.04. The van der Waals surface area contributed by atoms with Crippen LogP contribution in [0, 0.1) is 0 Å². The van der Waals surface area contributed by atoms with Gasteiger partial charge >= 0.3 is 0 Å². The average molecular weight is 443 g/mol. The monoisotopic (exact) mass is 443 g/mol. The number of nitrogens with zero attached hydrogens (tertiary/aromatic N) is 1. The smallest absolute Gasteiger partial charge is 0.193 e. The van der Waals surface area contributed by atoms with Crippen molar-refractivity contribution in [1.29, 1.82) is 0 Å². The number of aliphatic imine (C=N–C) groups is 1. The molecule has 2 aromatic rings. The van der Waals surface area contributed by atoms with Gasteiger partial charge in [-0.05, 0) is 29.8 Å². The van der Waals surface area contributed by atoms with Crippen LogP contribution in [0.3, 0.4) is 0 Å². The fourth-order valence-corrected chi connectivity index (χ4v) is 2.04. The molecule has 0 radical (unpaired) electrons. The van der Waals surface area contributed by atoms with E-state index in [0.29, 0.717) is 5.75 Å². The summed E-state index contributed by atoms with van der Waals surface area (Å²) in [4.78, 5) is 4.16. The lowest BCUT2D eigenvalue weighted by Crippen LogP contribution is -2.24. The summed E-state index contributed by atoms with van der Waals surface area (Å²) < 4.78 is 10.3. The number of aliphatic hydroxyl groups excluding tert-OH is 1. The number of nitrogens with one attached hydrogen (secondary N) is 1. The topological polar surface area (TPSA) is 89.1 Å². The summed E-state index contributed by atoms with van der Waals surface area (Å²) in [6, 6.07) is 14.6. The predicted octanol–water partition coefficient (Wildman–Crippen LogP) is 2.78. The number of hydrogen-bond donors (Lipinski definition) is 3. The van der Waals surface area contributed by atoms with Gasteiger partial charge in [-0.3, -0.25) is 4.99 Å². The highest BCUT2D eigenvalue weighted by atomic mass is 127. The van der Waals surface area contributed by atoms with Crippen molar-refractivity contribution in [3.63, 3.8) is 0 Å². The van der Waals surface area contributed by atoms with E-state index < -0.39 is 6.10 Å². The number of rotatable bonds is 6. The van der Waals surface area contributed by atoms with E-state index in [9.17, 15) is 5.11 Å². The third-order valence-corrected chi connectivity index (χ3v) is 3.30. The SMILES string of the molecule is COc1ccc(C(O)CN=C(N)Nc2ccccc2OC)cc1.I. The number of ether oxygens (including phenoxy) is 2. The van der Waals surface area contributed by atoms with Gasteiger partial charge in [0, 0.05) is 0 Å². The molecule has 0 spiro atoms. The van der Waals surface area contributed by atoms with Gasteiger partial charge in [-0.15, -0.1) is 24.0 Å². The van der Waals surface area contributed by atoms with Crippen molar-refractivity contribution in [2.45, 2.75) is 6.10 Å². The number of benzene rings is 2. The Morgan fingerprint density at radius 2 is 1.79 bits per heavy atom. The number of para-hydroxylation sites is 2. The first-order valence-corrected chi connectivity index (χ1v) is 7.16. The van der Waals surface area contributed by atoms with Gasteiger partial charge in [-0.25, -0.2) is 0 Å². The van der Waals surface area contributed by atoms with Crippen molar-refractivity contribution in [1.82, 2.24) is 0 Å². The second-order valence-corrected chi connectivity index (χ2v) is 4.84. The summed E-state index contributed by atoms with van der Waals surface area (Å²) in [6.07, 6.45) is -0.737. The zero-order valence-corrected chi connectivity index (χ0v) is 15.9. The number of aliphatic hydroxyl groups is 1. The van der Waals surface area contributed by atoms with Gasteiger partial charge in [-0.2, -0.15) is 0 Å². The Morgan fingerprint density at radius 3 is 2.42 bits per heavy atom. The fraction of sp³-hybridized carbons (Fsp3) is 0.235. The Kier molecular flexibility index (Phi) is 8.34. The Bertz CT molecular complexity index is 662. The molecule has 0 aliphatic carbocycles. The molecule has 0 saturated carbocycles. The van der Waals surface area contributed by atoms with E-state index in [2.05, 4.69) is 10.3 Å². The standard InChI is InChI=1S/C17H21N3O3.HI/c1-22-13-9-7-12(8-10-13)15(21)11-19-17(18)20-14-5-3-4-6-16(14)23-2;/h3-10,15,21H,11H2,1-2H3,(H3,18,19,20);1H. The summed E-state index contributed by atoms with van der Waals surface area (Å²) in [5.74, 6) is 1.62. The molecular formula is C17H22IN3O3. The number of hydrogen-bond acceptors (Lipinski definition) is 4. The molecule has 130 valence electrons. The summed E-state index contributed by atoms with van der Waals surface area (Å²) in [6.45, 7) is 0.153. The minimum absolute atomic E-state index is 0. The maximum Gasteiger partial charge on any atom is 0.193 e.